The molecule has 3 N–H and O–H groups in total. The summed E-state index contributed by atoms with van der Waals surface area (Å²) < 4.78 is 0. The number of hydrogen-bond acceptors (Lipinski definition) is 4. The first kappa shape index (κ1) is 16.8. The molecule has 112 valence electrons. The molecule has 0 aromatic carbocycles. The first-order valence-electron chi connectivity index (χ1n) is 7.43. The van der Waals surface area contributed by atoms with E-state index in [0.717, 1.165) is 63.2 Å². The highest BCUT2D eigenvalue weighted by Crippen LogP contribution is 2.34. The molecule has 1 aliphatic rings. The van der Waals surface area contributed by atoms with E-state index in [4.69, 9.17) is 5.11 Å². The molecule has 1 heterocycles. The lowest BCUT2D eigenvalue weighted by atomic mass is 9.74. The number of rotatable bonds is 9. The number of thioether (sulfide) groups is 1. The van der Waals surface area contributed by atoms with Crippen molar-refractivity contribution in [2.75, 3.05) is 37.7 Å². The fraction of sp³-hybridized carbons (Fsp3) is 0.929. The summed E-state index contributed by atoms with van der Waals surface area (Å²) in [5, 5.41) is 15.1. The van der Waals surface area contributed by atoms with Gasteiger partial charge in [0.2, 0.25) is 5.91 Å². The number of nitrogens with one attached hydrogen (secondary N) is 2. The predicted octanol–water partition coefficient (Wildman–Crippen LogP) is 1.39. The Labute approximate surface area is 121 Å². The zero-order valence-electron chi connectivity index (χ0n) is 12.0. The van der Waals surface area contributed by atoms with Gasteiger partial charge < -0.3 is 15.7 Å². The molecule has 0 radical (unpaired) electrons. The molecule has 1 aliphatic heterocycles. The molecule has 1 saturated heterocycles. The highest BCUT2D eigenvalue weighted by Gasteiger charge is 2.38. The van der Waals surface area contributed by atoms with Gasteiger partial charge in [-0.25, -0.2) is 0 Å². The third kappa shape index (κ3) is 5.71. The van der Waals surface area contributed by atoms with Crippen molar-refractivity contribution in [3.8, 4) is 0 Å². The fourth-order valence-corrected chi connectivity index (χ4v) is 3.45. The maximum atomic E-state index is 12.4. The number of carbonyl (C=O) groups excluding carboxylic acids is 1. The standard InChI is InChI=1S/C14H28N2O2S/c1-2-4-14(5-7-15-8-6-14)13(18)16-9-12-19-11-3-10-17/h15,17H,2-12H2,1H3,(H,16,18). The van der Waals surface area contributed by atoms with Gasteiger partial charge in [0.1, 0.15) is 0 Å². The van der Waals surface area contributed by atoms with Crippen LogP contribution in [0.4, 0.5) is 0 Å². The summed E-state index contributed by atoms with van der Waals surface area (Å²) in [6, 6.07) is 0. The summed E-state index contributed by atoms with van der Waals surface area (Å²) >= 11 is 1.79. The highest BCUT2D eigenvalue weighted by molar-refractivity contribution is 7.99. The average molecular weight is 288 g/mol. The van der Waals surface area contributed by atoms with Gasteiger partial charge in [0, 0.05) is 18.9 Å². The lowest BCUT2D eigenvalue weighted by molar-refractivity contribution is -0.133. The smallest absolute Gasteiger partial charge is 0.226 e. The van der Waals surface area contributed by atoms with Crippen molar-refractivity contribution in [2.45, 2.75) is 39.0 Å². The zero-order chi connectivity index (χ0) is 14.0. The molecule has 19 heavy (non-hydrogen) atoms. The summed E-state index contributed by atoms with van der Waals surface area (Å²) in [5.41, 5.74) is -0.129. The van der Waals surface area contributed by atoms with E-state index in [0.29, 0.717) is 0 Å². The number of aliphatic hydroxyl groups is 1. The minimum atomic E-state index is -0.129. The Morgan fingerprint density at radius 3 is 2.74 bits per heavy atom. The topological polar surface area (TPSA) is 61.4 Å². The van der Waals surface area contributed by atoms with Gasteiger partial charge in [-0.3, -0.25) is 4.79 Å². The Balaban J connectivity index is 2.28. The molecule has 1 fully saturated rings. The zero-order valence-corrected chi connectivity index (χ0v) is 12.9. The van der Waals surface area contributed by atoms with E-state index in [1.165, 1.54) is 0 Å². The maximum absolute atomic E-state index is 12.4. The lowest BCUT2D eigenvalue weighted by Crippen LogP contribution is -2.48. The summed E-state index contributed by atoms with van der Waals surface area (Å²) in [6.07, 6.45) is 4.83. The van der Waals surface area contributed by atoms with E-state index in [9.17, 15) is 4.79 Å². The van der Waals surface area contributed by atoms with Crippen LogP contribution in [0.5, 0.6) is 0 Å². The Morgan fingerprint density at radius 2 is 2.11 bits per heavy atom. The Hall–Kier alpha value is -0.260. The van der Waals surface area contributed by atoms with Gasteiger partial charge in [0.25, 0.3) is 0 Å². The molecule has 0 aromatic heterocycles. The average Bonchev–Trinajstić information content (AvgIpc) is 2.44. The summed E-state index contributed by atoms with van der Waals surface area (Å²) in [6.45, 7) is 5.07. The van der Waals surface area contributed by atoms with Crippen LogP contribution in [0.3, 0.4) is 0 Å². The van der Waals surface area contributed by atoms with E-state index in [1.807, 2.05) is 0 Å². The normalized spacial score (nSPS) is 18.2. The Bertz CT molecular complexity index is 250. The van der Waals surface area contributed by atoms with E-state index >= 15 is 0 Å². The molecule has 0 unspecified atom stereocenters. The van der Waals surface area contributed by atoms with Crippen molar-refractivity contribution in [1.82, 2.24) is 10.6 Å². The first-order valence-corrected chi connectivity index (χ1v) is 8.58. The van der Waals surface area contributed by atoms with Gasteiger partial charge in [-0.1, -0.05) is 13.3 Å². The summed E-state index contributed by atoms with van der Waals surface area (Å²) in [7, 11) is 0. The number of aliphatic hydroxyl groups excluding tert-OH is 1. The van der Waals surface area contributed by atoms with E-state index in [2.05, 4.69) is 17.6 Å². The second-order valence-electron chi connectivity index (χ2n) is 5.23. The SMILES string of the molecule is CCCC1(C(=O)NCCSCCCO)CCNCC1. The van der Waals surface area contributed by atoms with Crippen LogP contribution in [-0.2, 0) is 4.79 Å². The molecule has 0 saturated carbocycles. The molecular formula is C14H28N2O2S. The van der Waals surface area contributed by atoms with E-state index in [-0.39, 0.29) is 17.9 Å². The molecule has 0 aliphatic carbocycles. The Morgan fingerprint density at radius 1 is 1.37 bits per heavy atom. The Kier molecular flexibility index (Phi) is 8.50. The number of hydrogen-bond donors (Lipinski definition) is 3. The third-order valence-corrected chi connectivity index (χ3v) is 4.82. The van der Waals surface area contributed by atoms with Crippen LogP contribution in [0.1, 0.15) is 39.0 Å². The van der Waals surface area contributed by atoms with Crippen LogP contribution >= 0.6 is 11.8 Å². The minimum Gasteiger partial charge on any atom is -0.396 e. The van der Waals surface area contributed by atoms with Crippen molar-refractivity contribution < 1.29 is 9.90 Å². The molecule has 1 amide bonds. The fourth-order valence-electron chi connectivity index (χ4n) is 2.67. The van der Waals surface area contributed by atoms with Crippen LogP contribution in [-0.4, -0.2) is 48.8 Å². The highest BCUT2D eigenvalue weighted by atomic mass is 32.2. The van der Waals surface area contributed by atoms with Crippen molar-refractivity contribution >= 4 is 17.7 Å². The van der Waals surface area contributed by atoms with Gasteiger partial charge in [-0.2, -0.15) is 11.8 Å². The summed E-state index contributed by atoms with van der Waals surface area (Å²) in [4.78, 5) is 12.4. The molecule has 5 heteroatoms. The van der Waals surface area contributed by atoms with Gasteiger partial charge in [-0.05, 0) is 44.5 Å². The monoisotopic (exact) mass is 288 g/mol. The lowest BCUT2D eigenvalue weighted by Gasteiger charge is -2.36. The van der Waals surface area contributed by atoms with Crippen molar-refractivity contribution in [3.05, 3.63) is 0 Å². The van der Waals surface area contributed by atoms with E-state index in [1.54, 1.807) is 11.8 Å². The van der Waals surface area contributed by atoms with Gasteiger partial charge >= 0.3 is 0 Å². The van der Waals surface area contributed by atoms with Crippen molar-refractivity contribution in [3.63, 3.8) is 0 Å². The van der Waals surface area contributed by atoms with Crippen LogP contribution < -0.4 is 10.6 Å². The van der Waals surface area contributed by atoms with Gasteiger partial charge in [-0.15, -0.1) is 0 Å². The van der Waals surface area contributed by atoms with Crippen molar-refractivity contribution in [2.24, 2.45) is 5.41 Å². The molecule has 0 bridgehead atoms. The van der Waals surface area contributed by atoms with Crippen LogP contribution in [0.2, 0.25) is 0 Å². The molecule has 1 rings (SSSR count). The second kappa shape index (κ2) is 9.61. The third-order valence-electron chi connectivity index (χ3n) is 3.75. The quantitative estimate of drug-likeness (QED) is 0.561. The number of amides is 1. The first-order chi connectivity index (χ1) is 9.25. The molecule has 0 aromatic rings. The predicted molar refractivity (Wildman–Crippen MR) is 81.5 cm³/mol. The number of piperidine rings is 1. The number of carbonyl (C=O) groups is 1. The minimum absolute atomic E-state index is 0.129. The van der Waals surface area contributed by atoms with Crippen LogP contribution in [0.25, 0.3) is 0 Å². The van der Waals surface area contributed by atoms with Crippen molar-refractivity contribution in [1.29, 1.82) is 0 Å². The van der Waals surface area contributed by atoms with Crippen LogP contribution in [0, 0.1) is 5.41 Å². The molecule has 4 nitrogen and oxygen atoms in total. The maximum Gasteiger partial charge on any atom is 0.226 e. The largest absolute Gasteiger partial charge is 0.396 e. The second-order valence-corrected chi connectivity index (χ2v) is 6.45. The summed E-state index contributed by atoms with van der Waals surface area (Å²) in [5.74, 6) is 2.15. The molecule has 0 atom stereocenters. The molecule has 0 spiro atoms. The van der Waals surface area contributed by atoms with E-state index < -0.39 is 0 Å². The van der Waals surface area contributed by atoms with Gasteiger partial charge in [0.05, 0.1) is 5.41 Å². The van der Waals surface area contributed by atoms with Gasteiger partial charge in [0.15, 0.2) is 0 Å². The van der Waals surface area contributed by atoms with Crippen LogP contribution in [0.15, 0.2) is 0 Å². The molecular weight excluding hydrogens is 260 g/mol.